The number of fused-ring (bicyclic) bond motifs is 1. The lowest BCUT2D eigenvalue weighted by atomic mass is 9.89. The summed E-state index contributed by atoms with van der Waals surface area (Å²) >= 11 is 0. The summed E-state index contributed by atoms with van der Waals surface area (Å²) in [6.45, 7) is 3.51. The molecule has 126 valence electrons. The summed E-state index contributed by atoms with van der Waals surface area (Å²) in [7, 11) is 0. The lowest BCUT2D eigenvalue weighted by Crippen LogP contribution is -2.35. The molecule has 1 aromatic carbocycles. The van der Waals surface area contributed by atoms with E-state index in [-0.39, 0.29) is 11.6 Å². The van der Waals surface area contributed by atoms with Crippen LogP contribution in [0.3, 0.4) is 0 Å². The van der Waals surface area contributed by atoms with Gasteiger partial charge in [0.05, 0.1) is 11.9 Å². The molecule has 1 N–H and O–H groups in total. The minimum absolute atomic E-state index is 0.0836. The topological polar surface area (TPSA) is 62.3 Å². The van der Waals surface area contributed by atoms with E-state index in [1.807, 2.05) is 24.0 Å². The second-order valence-corrected chi connectivity index (χ2v) is 6.43. The van der Waals surface area contributed by atoms with Crippen LogP contribution in [0.25, 0.3) is 0 Å². The molecule has 0 atom stereocenters. The smallest absolute Gasteiger partial charge is 0.212 e. The molecule has 0 unspecified atom stereocenters. The van der Waals surface area contributed by atoms with Gasteiger partial charge < -0.3 is 10.2 Å². The lowest BCUT2D eigenvalue weighted by molar-refractivity contribution is 0.0948. The van der Waals surface area contributed by atoms with Crippen molar-refractivity contribution in [2.45, 2.75) is 19.8 Å². The number of nitrogens with one attached hydrogen (secondary N) is 1. The van der Waals surface area contributed by atoms with Gasteiger partial charge in [0, 0.05) is 29.9 Å². The van der Waals surface area contributed by atoms with Crippen molar-refractivity contribution in [3.63, 3.8) is 0 Å². The van der Waals surface area contributed by atoms with Gasteiger partial charge >= 0.3 is 0 Å². The molecule has 2 heterocycles. The quantitative estimate of drug-likeness (QED) is 0.935. The van der Waals surface area contributed by atoms with Crippen molar-refractivity contribution >= 4 is 17.3 Å². The molecular weight excluding hydrogens is 314 g/mol. The Morgan fingerprint density at radius 2 is 1.64 bits per heavy atom. The van der Waals surface area contributed by atoms with Gasteiger partial charge in [0.15, 0.2) is 0 Å². The fourth-order valence-corrected chi connectivity index (χ4v) is 3.41. The number of rotatable bonds is 3. The summed E-state index contributed by atoms with van der Waals surface area (Å²) < 4.78 is 0. The van der Waals surface area contributed by atoms with Crippen LogP contribution in [-0.4, -0.2) is 34.5 Å². The summed E-state index contributed by atoms with van der Waals surface area (Å²) in [4.78, 5) is 32.5. The largest absolute Gasteiger partial charge is 0.367 e. The molecule has 2 aromatic rings. The van der Waals surface area contributed by atoms with Crippen LogP contribution in [0.1, 0.15) is 39.3 Å². The molecule has 2 aliphatic rings. The molecule has 1 saturated heterocycles. The number of benzene rings is 1. The Kier molecular flexibility index (Phi) is 3.84. The number of likely N-dealkylation sites (tertiary alicyclic amines) is 1. The first-order valence-corrected chi connectivity index (χ1v) is 8.52. The molecule has 5 heteroatoms. The molecule has 0 spiro atoms. The first-order valence-electron chi connectivity index (χ1n) is 8.52. The molecule has 1 fully saturated rings. The zero-order chi connectivity index (χ0) is 17.4. The number of hydrogen-bond acceptors (Lipinski definition) is 5. The molecule has 25 heavy (non-hydrogen) atoms. The highest BCUT2D eigenvalue weighted by atomic mass is 16.1. The number of nitrogens with zero attached hydrogens (tertiary/aromatic N) is 2. The number of hydrogen-bond donors (Lipinski definition) is 1. The summed E-state index contributed by atoms with van der Waals surface area (Å²) in [5.74, 6) is -0.225. The van der Waals surface area contributed by atoms with Gasteiger partial charge in [-0.3, -0.25) is 14.6 Å². The molecule has 5 nitrogen and oxygen atoms in total. The number of aromatic nitrogens is 1. The molecule has 1 aliphatic carbocycles. The van der Waals surface area contributed by atoms with E-state index in [9.17, 15) is 9.59 Å². The average molecular weight is 333 g/mol. The Bertz CT molecular complexity index is 878. The molecule has 0 saturated carbocycles. The molecule has 4 rings (SSSR count). The van der Waals surface area contributed by atoms with Crippen molar-refractivity contribution in [2.75, 3.05) is 18.4 Å². The van der Waals surface area contributed by atoms with Gasteiger partial charge in [-0.1, -0.05) is 24.3 Å². The van der Waals surface area contributed by atoms with Crippen molar-refractivity contribution in [1.29, 1.82) is 0 Å². The van der Waals surface area contributed by atoms with Crippen LogP contribution < -0.4 is 5.32 Å². The van der Waals surface area contributed by atoms with Crippen LogP contribution in [0.2, 0.25) is 0 Å². The maximum Gasteiger partial charge on any atom is 0.212 e. The van der Waals surface area contributed by atoms with E-state index in [1.54, 1.807) is 30.5 Å². The third-order valence-electron chi connectivity index (χ3n) is 4.70. The highest BCUT2D eigenvalue weighted by molar-refractivity contribution is 6.27. The summed E-state index contributed by atoms with van der Waals surface area (Å²) in [5.41, 5.74) is 3.39. The zero-order valence-corrected chi connectivity index (χ0v) is 14.1. The Balaban J connectivity index is 1.82. The van der Waals surface area contributed by atoms with Gasteiger partial charge in [-0.2, -0.15) is 0 Å². The Morgan fingerprint density at radius 1 is 0.960 bits per heavy atom. The van der Waals surface area contributed by atoms with E-state index < -0.39 is 0 Å². The first kappa shape index (κ1) is 15.6. The molecule has 0 bridgehead atoms. The van der Waals surface area contributed by atoms with E-state index in [0.29, 0.717) is 28.2 Å². The fourth-order valence-electron chi connectivity index (χ4n) is 3.41. The second-order valence-electron chi connectivity index (χ2n) is 6.43. The number of ketones is 2. The van der Waals surface area contributed by atoms with Gasteiger partial charge in [-0.15, -0.1) is 0 Å². The number of anilines is 1. The average Bonchev–Trinajstić information content (AvgIpc) is 3.15. The molecular formula is C20H19N3O2. The van der Waals surface area contributed by atoms with E-state index >= 15 is 0 Å². The van der Waals surface area contributed by atoms with E-state index in [4.69, 9.17) is 0 Å². The number of allylic oxidation sites excluding steroid dienone is 2. The highest BCUT2D eigenvalue weighted by Gasteiger charge is 2.36. The van der Waals surface area contributed by atoms with Crippen molar-refractivity contribution < 1.29 is 9.59 Å². The van der Waals surface area contributed by atoms with Crippen LogP contribution >= 0.6 is 0 Å². The van der Waals surface area contributed by atoms with Gasteiger partial charge in [0.25, 0.3) is 0 Å². The van der Waals surface area contributed by atoms with Crippen molar-refractivity contribution in [1.82, 2.24) is 9.88 Å². The number of pyridine rings is 1. The molecule has 1 aliphatic heterocycles. The number of carbonyl (C=O) groups is 2. The van der Waals surface area contributed by atoms with Gasteiger partial charge in [-0.05, 0) is 31.9 Å². The van der Waals surface area contributed by atoms with Crippen LogP contribution in [0, 0.1) is 6.92 Å². The first-order chi connectivity index (χ1) is 12.1. The summed E-state index contributed by atoms with van der Waals surface area (Å²) in [5, 5.41) is 3.16. The number of aryl methyl sites for hydroxylation is 1. The second kappa shape index (κ2) is 6.16. The summed E-state index contributed by atoms with van der Waals surface area (Å²) in [6, 6.07) is 10.8. The molecule has 0 amide bonds. The SMILES string of the molecule is Cc1ccc(NC2=C(N3CCCC3)C(=O)c3ccccc3C2=O)cn1. The van der Waals surface area contributed by atoms with E-state index in [0.717, 1.165) is 31.6 Å². The summed E-state index contributed by atoms with van der Waals surface area (Å²) in [6.07, 6.45) is 3.75. The Hall–Kier alpha value is -2.95. The van der Waals surface area contributed by atoms with Crippen LogP contribution in [0.5, 0.6) is 0 Å². The van der Waals surface area contributed by atoms with Gasteiger partial charge in [0.1, 0.15) is 11.4 Å². The highest BCUT2D eigenvalue weighted by Crippen LogP contribution is 2.31. The predicted molar refractivity (Wildman–Crippen MR) is 95.5 cm³/mol. The molecule has 0 radical (unpaired) electrons. The van der Waals surface area contributed by atoms with Gasteiger partial charge in [-0.25, -0.2) is 0 Å². The standard InChI is InChI=1S/C20H19N3O2/c1-13-8-9-14(12-21-13)22-17-18(23-10-4-5-11-23)20(25)16-7-3-2-6-15(16)19(17)24/h2-3,6-9,12,22H,4-5,10-11H2,1H3. The van der Waals surface area contributed by atoms with Crippen molar-refractivity contribution in [3.8, 4) is 0 Å². The normalized spacial score (nSPS) is 17.1. The number of Topliss-reactive ketones (excluding diaryl/α,β-unsaturated/α-hetero) is 2. The number of carbonyl (C=O) groups excluding carboxylic acids is 2. The van der Waals surface area contributed by atoms with Crippen molar-refractivity contribution in [2.24, 2.45) is 0 Å². The monoisotopic (exact) mass is 333 g/mol. The minimum atomic E-state index is -0.141. The third kappa shape index (κ3) is 2.71. The Labute approximate surface area is 146 Å². The predicted octanol–water partition coefficient (Wildman–Crippen LogP) is 3.19. The van der Waals surface area contributed by atoms with Crippen molar-refractivity contribution in [3.05, 3.63) is 70.8 Å². The van der Waals surface area contributed by atoms with Crippen LogP contribution in [0.15, 0.2) is 54.0 Å². The maximum absolute atomic E-state index is 13.1. The van der Waals surface area contributed by atoms with Crippen LogP contribution in [0.4, 0.5) is 5.69 Å². The van der Waals surface area contributed by atoms with E-state index in [1.165, 1.54) is 0 Å². The zero-order valence-electron chi connectivity index (χ0n) is 14.1. The molecule has 1 aromatic heterocycles. The fraction of sp³-hybridized carbons (Fsp3) is 0.250. The van der Waals surface area contributed by atoms with E-state index in [2.05, 4.69) is 10.3 Å². The lowest BCUT2D eigenvalue weighted by Gasteiger charge is -2.28. The third-order valence-corrected chi connectivity index (χ3v) is 4.70. The van der Waals surface area contributed by atoms with Gasteiger partial charge in [0.2, 0.25) is 11.6 Å². The Morgan fingerprint density at radius 3 is 2.28 bits per heavy atom. The minimum Gasteiger partial charge on any atom is -0.367 e. The van der Waals surface area contributed by atoms with Crippen LogP contribution in [-0.2, 0) is 0 Å². The maximum atomic E-state index is 13.1.